The standard InChI is InChI=1S/C14H12O2S/c1-9(15)10-2-3-11-8-14-13(7-12(11)6-10)16-4-5-17-14/h2-3,6-8H,4-5H2,1H3. The van der Waals surface area contributed by atoms with E-state index in [-0.39, 0.29) is 5.78 Å². The minimum atomic E-state index is 0.0971. The van der Waals surface area contributed by atoms with Crippen LogP contribution in [0.1, 0.15) is 17.3 Å². The molecule has 2 aromatic rings. The lowest BCUT2D eigenvalue weighted by Crippen LogP contribution is -2.06. The molecule has 0 aromatic heterocycles. The highest BCUT2D eigenvalue weighted by Gasteiger charge is 2.12. The van der Waals surface area contributed by atoms with Gasteiger partial charge in [0.25, 0.3) is 0 Å². The van der Waals surface area contributed by atoms with Crippen molar-refractivity contribution in [3.63, 3.8) is 0 Å². The molecule has 2 aromatic carbocycles. The third-order valence-electron chi connectivity index (χ3n) is 2.91. The first-order valence-corrected chi connectivity index (χ1v) is 6.57. The van der Waals surface area contributed by atoms with Crippen LogP contribution in [0.4, 0.5) is 0 Å². The van der Waals surface area contributed by atoms with E-state index in [4.69, 9.17) is 4.74 Å². The number of carbonyl (C=O) groups is 1. The van der Waals surface area contributed by atoms with Crippen LogP contribution in [0.3, 0.4) is 0 Å². The second-order valence-electron chi connectivity index (χ2n) is 4.11. The summed E-state index contributed by atoms with van der Waals surface area (Å²) in [4.78, 5) is 12.5. The second kappa shape index (κ2) is 4.08. The Labute approximate surface area is 104 Å². The van der Waals surface area contributed by atoms with Crippen LogP contribution in [0.15, 0.2) is 35.2 Å². The van der Waals surface area contributed by atoms with Gasteiger partial charge in [0, 0.05) is 11.3 Å². The fourth-order valence-electron chi connectivity index (χ4n) is 2.00. The van der Waals surface area contributed by atoms with Crippen molar-refractivity contribution in [1.82, 2.24) is 0 Å². The molecule has 1 heterocycles. The number of Topliss-reactive ketones (excluding diaryl/α,β-unsaturated/α-hetero) is 1. The molecule has 0 saturated heterocycles. The van der Waals surface area contributed by atoms with Gasteiger partial charge in [0.2, 0.25) is 0 Å². The predicted octanol–water partition coefficient (Wildman–Crippen LogP) is 3.53. The molecule has 17 heavy (non-hydrogen) atoms. The Bertz CT molecular complexity index is 604. The molecule has 2 nitrogen and oxygen atoms in total. The van der Waals surface area contributed by atoms with Gasteiger partial charge in [-0.05, 0) is 35.9 Å². The van der Waals surface area contributed by atoms with Gasteiger partial charge in [-0.25, -0.2) is 0 Å². The summed E-state index contributed by atoms with van der Waals surface area (Å²) in [5, 5.41) is 2.23. The van der Waals surface area contributed by atoms with Crippen LogP contribution >= 0.6 is 11.8 Å². The van der Waals surface area contributed by atoms with Crippen molar-refractivity contribution < 1.29 is 9.53 Å². The van der Waals surface area contributed by atoms with Gasteiger partial charge >= 0.3 is 0 Å². The largest absolute Gasteiger partial charge is 0.492 e. The fraction of sp³-hybridized carbons (Fsp3) is 0.214. The van der Waals surface area contributed by atoms with E-state index in [0.29, 0.717) is 0 Å². The van der Waals surface area contributed by atoms with E-state index >= 15 is 0 Å². The zero-order chi connectivity index (χ0) is 11.8. The molecule has 3 heteroatoms. The Morgan fingerprint density at radius 3 is 2.94 bits per heavy atom. The van der Waals surface area contributed by atoms with Gasteiger partial charge in [0.05, 0.1) is 11.5 Å². The quantitative estimate of drug-likeness (QED) is 0.718. The average molecular weight is 244 g/mol. The Morgan fingerprint density at radius 1 is 1.24 bits per heavy atom. The van der Waals surface area contributed by atoms with Crippen LogP contribution in [0.5, 0.6) is 5.75 Å². The molecule has 1 aliphatic heterocycles. The van der Waals surface area contributed by atoms with E-state index in [0.717, 1.165) is 34.4 Å². The van der Waals surface area contributed by atoms with Crippen LogP contribution in [0.25, 0.3) is 10.8 Å². The first kappa shape index (κ1) is 10.7. The molecular formula is C14H12O2S. The number of thioether (sulfide) groups is 1. The second-order valence-corrected chi connectivity index (χ2v) is 5.25. The number of carbonyl (C=O) groups excluding carboxylic acids is 1. The summed E-state index contributed by atoms with van der Waals surface area (Å²) in [5.74, 6) is 2.04. The Hall–Kier alpha value is -1.48. The minimum absolute atomic E-state index is 0.0971. The third-order valence-corrected chi connectivity index (χ3v) is 3.91. The average Bonchev–Trinajstić information content (AvgIpc) is 2.35. The molecule has 0 fully saturated rings. The van der Waals surface area contributed by atoms with Gasteiger partial charge < -0.3 is 4.74 Å². The zero-order valence-electron chi connectivity index (χ0n) is 9.53. The van der Waals surface area contributed by atoms with Crippen molar-refractivity contribution in [1.29, 1.82) is 0 Å². The van der Waals surface area contributed by atoms with E-state index in [1.807, 2.05) is 36.0 Å². The number of fused-ring (bicyclic) bond motifs is 2. The lowest BCUT2D eigenvalue weighted by molar-refractivity contribution is 0.101. The molecule has 0 unspecified atom stereocenters. The highest BCUT2D eigenvalue weighted by molar-refractivity contribution is 7.99. The van der Waals surface area contributed by atoms with Crippen molar-refractivity contribution in [3.05, 3.63) is 35.9 Å². The summed E-state index contributed by atoms with van der Waals surface area (Å²) < 4.78 is 5.63. The van der Waals surface area contributed by atoms with E-state index in [9.17, 15) is 4.79 Å². The Morgan fingerprint density at radius 2 is 2.12 bits per heavy atom. The Kier molecular flexibility index (Phi) is 2.56. The van der Waals surface area contributed by atoms with Crippen molar-refractivity contribution in [3.8, 4) is 5.75 Å². The summed E-state index contributed by atoms with van der Waals surface area (Å²) in [5.41, 5.74) is 0.751. The summed E-state index contributed by atoms with van der Waals surface area (Å²) in [7, 11) is 0. The number of hydrogen-bond acceptors (Lipinski definition) is 3. The van der Waals surface area contributed by atoms with Gasteiger partial charge in [0.15, 0.2) is 5.78 Å². The summed E-state index contributed by atoms with van der Waals surface area (Å²) >= 11 is 1.82. The molecule has 0 N–H and O–H groups in total. The third kappa shape index (κ3) is 1.91. The maximum absolute atomic E-state index is 11.3. The topological polar surface area (TPSA) is 26.3 Å². The number of ether oxygens (including phenoxy) is 1. The fourth-order valence-corrected chi connectivity index (χ4v) is 2.86. The molecule has 0 radical (unpaired) electrons. The van der Waals surface area contributed by atoms with Crippen LogP contribution < -0.4 is 4.74 Å². The van der Waals surface area contributed by atoms with Gasteiger partial charge in [-0.3, -0.25) is 4.79 Å². The lowest BCUT2D eigenvalue weighted by atomic mass is 10.0. The number of hydrogen-bond donors (Lipinski definition) is 0. The van der Waals surface area contributed by atoms with Crippen molar-refractivity contribution in [2.24, 2.45) is 0 Å². The summed E-state index contributed by atoms with van der Waals surface area (Å²) in [6, 6.07) is 9.98. The number of rotatable bonds is 1. The molecule has 0 saturated carbocycles. The van der Waals surface area contributed by atoms with Crippen LogP contribution in [-0.2, 0) is 0 Å². The van der Waals surface area contributed by atoms with Crippen molar-refractivity contribution in [2.45, 2.75) is 11.8 Å². The predicted molar refractivity (Wildman–Crippen MR) is 70.2 cm³/mol. The molecule has 0 bridgehead atoms. The monoisotopic (exact) mass is 244 g/mol. The normalized spacial score (nSPS) is 14.2. The lowest BCUT2D eigenvalue weighted by Gasteiger charge is -2.17. The van der Waals surface area contributed by atoms with Gasteiger partial charge in [0.1, 0.15) is 5.75 Å². The van der Waals surface area contributed by atoms with E-state index < -0.39 is 0 Å². The van der Waals surface area contributed by atoms with Gasteiger partial charge in [-0.1, -0.05) is 12.1 Å². The van der Waals surface area contributed by atoms with Gasteiger partial charge in [-0.2, -0.15) is 0 Å². The van der Waals surface area contributed by atoms with Crippen LogP contribution in [0.2, 0.25) is 0 Å². The highest BCUT2D eigenvalue weighted by Crippen LogP contribution is 2.36. The van der Waals surface area contributed by atoms with E-state index in [1.54, 1.807) is 6.92 Å². The van der Waals surface area contributed by atoms with E-state index in [2.05, 4.69) is 6.07 Å². The molecule has 3 rings (SSSR count). The van der Waals surface area contributed by atoms with Crippen molar-refractivity contribution in [2.75, 3.05) is 12.4 Å². The van der Waals surface area contributed by atoms with Crippen LogP contribution in [-0.4, -0.2) is 18.1 Å². The van der Waals surface area contributed by atoms with Gasteiger partial charge in [-0.15, -0.1) is 11.8 Å². The Balaban J connectivity index is 2.20. The minimum Gasteiger partial charge on any atom is -0.492 e. The smallest absolute Gasteiger partial charge is 0.159 e. The van der Waals surface area contributed by atoms with Crippen molar-refractivity contribution >= 4 is 28.3 Å². The number of benzene rings is 2. The maximum atomic E-state index is 11.3. The molecule has 0 spiro atoms. The molecule has 0 aliphatic carbocycles. The molecule has 1 aliphatic rings. The SMILES string of the molecule is CC(=O)c1ccc2cc3c(cc2c1)OCCS3. The maximum Gasteiger partial charge on any atom is 0.159 e. The number of ketones is 1. The summed E-state index contributed by atoms with van der Waals surface area (Å²) in [6.07, 6.45) is 0. The first-order chi connectivity index (χ1) is 8.24. The van der Waals surface area contributed by atoms with Crippen LogP contribution in [0, 0.1) is 0 Å². The molecule has 0 atom stereocenters. The summed E-state index contributed by atoms with van der Waals surface area (Å²) in [6.45, 7) is 2.35. The highest BCUT2D eigenvalue weighted by atomic mass is 32.2. The molecule has 86 valence electrons. The van der Waals surface area contributed by atoms with E-state index in [1.165, 1.54) is 4.90 Å². The molecular weight excluding hydrogens is 232 g/mol. The zero-order valence-corrected chi connectivity index (χ0v) is 10.3. The molecule has 0 amide bonds. The first-order valence-electron chi connectivity index (χ1n) is 5.58.